The molecular weight excluding hydrogens is 296 g/mol. The lowest BCUT2D eigenvalue weighted by atomic mass is 10.1. The fourth-order valence-corrected chi connectivity index (χ4v) is 1.99. The highest BCUT2D eigenvalue weighted by atomic mass is 35.5. The van der Waals surface area contributed by atoms with Crippen molar-refractivity contribution in [2.24, 2.45) is 11.5 Å². The van der Waals surface area contributed by atoms with Gasteiger partial charge in [-0.1, -0.05) is 36.0 Å². The van der Waals surface area contributed by atoms with Crippen molar-refractivity contribution in [1.29, 1.82) is 0 Å². The van der Waals surface area contributed by atoms with Gasteiger partial charge in [0.15, 0.2) is 0 Å². The Labute approximate surface area is 126 Å². The van der Waals surface area contributed by atoms with Crippen LogP contribution in [0.15, 0.2) is 42.5 Å². The Balaban J connectivity index is 2.45. The highest BCUT2D eigenvalue weighted by molar-refractivity contribution is 7.80. The van der Waals surface area contributed by atoms with Crippen molar-refractivity contribution in [2.45, 2.75) is 0 Å². The number of thiocarbonyl (C=S) groups is 1. The summed E-state index contributed by atoms with van der Waals surface area (Å²) in [7, 11) is 0. The van der Waals surface area contributed by atoms with Gasteiger partial charge >= 0.3 is 0 Å². The second-order valence-corrected chi connectivity index (χ2v) is 4.84. The smallest absolute Gasteiger partial charge is 0.252 e. The van der Waals surface area contributed by atoms with Gasteiger partial charge in [0, 0.05) is 5.02 Å². The maximum atomic E-state index is 11.4. The number of para-hydroxylation sites is 1. The van der Waals surface area contributed by atoms with Crippen molar-refractivity contribution in [2.75, 3.05) is 0 Å². The van der Waals surface area contributed by atoms with Crippen LogP contribution in [0.4, 0.5) is 0 Å². The third kappa shape index (κ3) is 3.07. The number of hydrogen-bond acceptors (Lipinski definition) is 3. The monoisotopic (exact) mass is 306 g/mol. The predicted molar refractivity (Wildman–Crippen MR) is 82.4 cm³/mol. The molecule has 0 aliphatic carbocycles. The van der Waals surface area contributed by atoms with Gasteiger partial charge in [-0.15, -0.1) is 0 Å². The Morgan fingerprint density at radius 3 is 2.35 bits per heavy atom. The molecule has 0 fully saturated rings. The number of primary amides is 1. The van der Waals surface area contributed by atoms with Crippen molar-refractivity contribution in [3.63, 3.8) is 0 Å². The SMILES string of the molecule is NC(=O)c1ccccc1Oc1ccc(Cl)cc1C(N)=S. The number of hydrogen-bond donors (Lipinski definition) is 2. The molecule has 20 heavy (non-hydrogen) atoms. The zero-order valence-electron chi connectivity index (χ0n) is 10.3. The van der Waals surface area contributed by atoms with Gasteiger partial charge in [0.05, 0.1) is 11.1 Å². The average Bonchev–Trinajstić information content (AvgIpc) is 2.41. The predicted octanol–water partition coefficient (Wildman–Crippen LogP) is 2.87. The number of ether oxygens (including phenoxy) is 1. The number of benzene rings is 2. The van der Waals surface area contributed by atoms with Gasteiger partial charge in [0.2, 0.25) is 0 Å². The normalized spacial score (nSPS) is 10.1. The molecule has 4 N–H and O–H groups in total. The summed E-state index contributed by atoms with van der Waals surface area (Å²) in [6.07, 6.45) is 0. The van der Waals surface area contributed by atoms with Crippen molar-refractivity contribution in [1.82, 2.24) is 0 Å². The van der Waals surface area contributed by atoms with E-state index >= 15 is 0 Å². The Bertz CT molecular complexity index is 689. The van der Waals surface area contributed by atoms with E-state index < -0.39 is 5.91 Å². The number of halogens is 1. The van der Waals surface area contributed by atoms with Gasteiger partial charge in [-0.05, 0) is 30.3 Å². The molecule has 0 spiro atoms. The van der Waals surface area contributed by atoms with Crippen LogP contribution in [0.2, 0.25) is 5.02 Å². The molecular formula is C14H11ClN2O2S. The summed E-state index contributed by atoms with van der Waals surface area (Å²) in [4.78, 5) is 11.5. The Hall–Kier alpha value is -2.11. The standard InChI is InChI=1S/C14H11ClN2O2S/c15-8-5-6-12(10(7-8)14(17)20)19-11-4-2-1-3-9(11)13(16)18/h1-7H,(H2,16,18)(H2,17,20). The molecule has 0 aliphatic rings. The molecule has 0 saturated carbocycles. The van der Waals surface area contributed by atoms with Crippen LogP contribution in [-0.2, 0) is 0 Å². The topological polar surface area (TPSA) is 78.3 Å². The Morgan fingerprint density at radius 1 is 1.05 bits per heavy atom. The Morgan fingerprint density at radius 2 is 1.70 bits per heavy atom. The van der Waals surface area contributed by atoms with Crippen molar-refractivity contribution < 1.29 is 9.53 Å². The molecule has 0 atom stereocenters. The Kier molecular flexibility index (Phi) is 4.22. The summed E-state index contributed by atoms with van der Waals surface area (Å²) in [6, 6.07) is 11.5. The van der Waals surface area contributed by atoms with Gasteiger partial charge < -0.3 is 16.2 Å². The van der Waals surface area contributed by atoms with Crippen LogP contribution < -0.4 is 16.2 Å². The van der Waals surface area contributed by atoms with Crippen molar-refractivity contribution >= 4 is 34.7 Å². The first-order valence-electron chi connectivity index (χ1n) is 5.65. The largest absolute Gasteiger partial charge is 0.456 e. The van der Waals surface area contributed by atoms with E-state index in [9.17, 15) is 4.79 Å². The third-order valence-corrected chi connectivity index (χ3v) is 3.03. The molecule has 102 valence electrons. The molecule has 0 saturated heterocycles. The second-order valence-electron chi connectivity index (χ2n) is 3.97. The maximum absolute atomic E-state index is 11.4. The lowest BCUT2D eigenvalue weighted by molar-refractivity contribution is 0.0998. The summed E-state index contributed by atoms with van der Waals surface area (Å²) in [5, 5.41) is 0.489. The molecule has 0 unspecified atom stereocenters. The van der Waals surface area contributed by atoms with Crippen LogP contribution in [0.25, 0.3) is 0 Å². The molecule has 1 amide bonds. The van der Waals surface area contributed by atoms with Gasteiger partial charge in [0.25, 0.3) is 5.91 Å². The zero-order chi connectivity index (χ0) is 14.7. The van der Waals surface area contributed by atoms with Crippen LogP contribution in [0, 0.1) is 0 Å². The van der Waals surface area contributed by atoms with E-state index in [2.05, 4.69) is 0 Å². The summed E-state index contributed by atoms with van der Waals surface area (Å²) in [5.74, 6) is 0.168. The molecule has 0 bridgehead atoms. The molecule has 0 heterocycles. The zero-order valence-corrected chi connectivity index (χ0v) is 11.9. The number of carbonyl (C=O) groups excluding carboxylic acids is 1. The summed E-state index contributed by atoms with van der Waals surface area (Å²) < 4.78 is 5.69. The molecule has 2 aromatic rings. The van der Waals surface area contributed by atoms with Crippen LogP contribution in [0.1, 0.15) is 15.9 Å². The fourth-order valence-electron chi connectivity index (χ4n) is 1.66. The fraction of sp³-hybridized carbons (Fsp3) is 0. The van der Waals surface area contributed by atoms with E-state index in [0.29, 0.717) is 22.1 Å². The molecule has 0 radical (unpaired) electrons. The van der Waals surface area contributed by atoms with Crippen molar-refractivity contribution in [3.05, 3.63) is 58.6 Å². The van der Waals surface area contributed by atoms with Crippen LogP contribution in [0.5, 0.6) is 11.5 Å². The first kappa shape index (κ1) is 14.3. The minimum absolute atomic E-state index is 0.152. The van der Waals surface area contributed by atoms with Gasteiger partial charge in [-0.3, -0.25) is 4.79 Å². The van der Waals surface area contributed by atoms with Gasteiger partial charge in [-0.25, -0.2) is 0 Å². The molecule has 0 aliphatic heterocycles. The lowest BCUT2D eigenvalue weighted by Crippen LogP contribution is -2.13. The minimum Gasteiger partial charge on any atom is -0.456 e. The summed E-state index contributed by atoms with van der Waals surface area (Å²) in [6.45, 7) is 0. The average molecular weight is 307 g/mol. The second kappa shape index (κ2) is 5.90. The van der Waals surface area contributed by atoms with E-state index in [0.717, 1.165) is 0 Å². The van der Waals surface area contributed by atoms with E-state index in [-0.39, 0.29) is 10.6 Å². The van der Waals surface area contributed by atoms with Gasteiger partial charge in [-0.2, -0.15) is 0 Å². The van der Waals surface area contributed by atoms with Crippen LogP contribution >= 0.6 is 23.8 Å². The van der Waals surface area contributed by atoms with E-state index in [1.54, 1.807) is 42.5 Å². The van der Waals surface area contributed by atoms with Crippen LogP contribution in [0.3, 0.4) is 0 Å². The van der Waals surface area contributed by atoms with Crippen LogP contribution in [-0.4, -0.2) is 10.9 Å². The quantitative estimate of drug-likeness (QED) is 0.851. The lowest BCUT2D eigenvalue weighted by Gasteiger charge is -2.12. The van der Waals surface area contributed by atoms with E-state index in [4.69, 9.17) is 40.0 Å². The van der Waals surface area contributed by atoms with E-state index in [1.807, 2.05) is 0 Å². The molecule has 4 nitrogen and oxygen atoms in total. The number of nitrogens with two attached hydrogens (primary N) is 2. The van der Waals surface area contributed by atoms with Crippen molar-refractivity contribution in [3.8, 4) is 11.5 Å². The molecule has 2 aromatic carbocycles. The molecule has 2 rings (SSSR count). The summed E-state index contributed by atoms with van der Waals surface area (Å²) >= 11 is 10.9. The molecule has 6 heteroatoms. The third-order valence-electron chi connectivity index (χ3n) is 2.58. The first-order valence-corrected chi connectivity index (χ1v) is 6.43. The maximum Gasteiger partial charge on any atom is 0.252 e. The molecule has 0 aromatic heterocycles. The summed E-state index contributed by atoms with van der Waals surface area (Å²) in [5.41, 5.74) is 11.7. The number of rotatable bonds is 4. The number of carbonyl (C=O) groups is 1. The minimum atomic E-state index is -0.577. The number of amides is 1. The van der Waals surface area contributed by atoms with Gasteiger partial charge in [0.1, 0.15) is 16.5 Å². The first-order chi connectivity index (χ1) is 9.49. The van der Waals surface area contributed by atoms with E-state index in [1.165, 1.54) is 0 Å². The highest BCUT2D eigenvalue weighted by Crippen LogP contribution is 2.29. The highest BCUT2D eigenvalue weighted by Gasteiger charge is 2.13.